The molecular formula is C11H18F3NO3S. The molecule has 0 bridgehead atoms. The number of amides is 1. The van der Waals surface area contributed by atoms with Gasteiger partial charge in [-0.2, -0.15) is 24.9 Å². The summed E-state index contributed by atoms with van der Waals surface area (Å²) in [5, 5.41) is 1.67. The quantitative estimate of drug-likeness (QED) is 0.551. The summed E-state index contributed by atoms with van der Waals surface area (Å²) in [5.41, 5.74) is 0. The van der Waals surface area contributed by atoms with Gasteiger partial charge < -0.3 is 10.1 Å². The highest BCUT2D eigenvalue weighted by Crippen LogP contribution is 2.15. The summed E-state index contributed by atoms with van der Waals surface area (Å²) >= 11 is 1.37. The molecule has 112 valence electrons. The normalized spacial score (nSPS) is 12.9. The van der Waals surface area contributed by atoms with Gasteiger partial charge in [0.2, 0.25) is 0 Å². The second-order valence-corrected chi connectivity index (χ2v) is 4.81. The summed E-state index contributed by atoms with van der Waals surface area (Å²) in [6.07, 6.45) is -1.70. The third-order valence-corrected chi connectivity index (χ3v) is 2.84. The lowest BCUT2D eigenvalue weighted by Crippen LogP contribution is -2.47. The molecule has 0 unspecified atom stereocenters. The van der Waals surface area contributed by atoms with E-state index < -0.39 is 24.1 Å². The van der Waals surface area contributed by atoms with Crippen molar-refractivity contribution in [2.45, 2.75) is 38.4 Å². The Labute approximate surface area is 114 Å². The Morgan fingerprint density at radius 1 is 1.37 bits per heavy atom. The van der Waals surface area contributed by atoms with Gasteiger partial charge in [0.05, 0.1) is 6.61 Å². The van der Waals surface area contributed by atoms with Gasteiger partial charge in [-0.15, -0.1) is 0 Å². The van der Waals surface area contributed by atoms with Crippen LogP contribution < -0.4 is 5.32 Å². The van der Waals surface area contributed by atoms with Crippen molar-refractivity contribution < 1.29 is 27.5 Å². The number of halogens is 3. The molecule has 0 aromatic carbocycles. The Balaban J connectivity index is 4.44. The molecule has 0 radical (unpaired) electrons. The molecule has 0 fully saturated rings. The average molecular weight is 301 g/mol. The van der Waals surface area contributed by atoms with E-state index in [0.29, 0.717) is 12.2 Å². The molecule has 1 amide bonds. The number of alkyl halides is 3. The first-order valence-corrected chi connectivity index (χ1v) is 7.25. The summed E-state index contributed by atoms with van der Waals surface area (Å²) in [6.45, 7) is 2.04. The highest BCUT2D eigenvalue weighted by molar-refractivity contribution is 7.98. The molecule has 0 heterocycles. The van der Waals surface area contributed by atoms with Crippen molar-refractivity contribution in [2.75, 3.05) is 18.6 Å². The van der Waals surface area contributed by atoms with Gasteiger partial charge in [0.15, 0.2) is 0 Å². The van der Waals surface area contributed by atoms with E-state index in [1.54, 1.807) is 11.6 Å². The highest BCUT2D eigenvalue weighted by atomic mass is 32.2. The number of thioether (sulfide) groups is 1. The van der Waals surface area contributed by atoms with E-state index >= 15 is 0 Å². The Kier molecular flexibility index (Phi) is 8.62. The van der Waals surface area contributed by atoms with Crippen molar-refractivity contribution >= 4 is 23.6 Å². The number of rotatable bonds is 8. The molecule has 1 atom stereocenters. The molecule has 0 aliphatic carbocycles. The van der Waals surface area contributed by atoms with Crippen molar-refractivity contribution in [2.24, 2.45) is 0 Å². The number of hydrogen-bond acceptors (Lipinski definition) is 4. The van der Waals surface area contributed by atoms with Crippen LogP contribution in [-0.2, 0) is 14.3 Å². The zero-order chi connectivity index (χ0) is 14.9. The van der Waals surface area contributed by atoms with E-state index in [0.717, 1.165) is 6.42 Å². The van der Waals surface area contributed by atoms with Crippen molar-refractivity contribution in [3.63, 3.8) is 0 Å². The molecule has 0 spiro atoms. The first kappa shape index (κ1) is 18.1. The van der Waals surface area contributed by atoms with Crippen LogP contribution in [0.1, 0.15) is 26.2 Å². The summed E-state index contributed by atoms with van der Waals surface area (Å²) in [7, 11) is 0. The predicted octanol–water partition coefficient (Wildman–Crippen LogP) is 2.13. The molecule has 0 aliphatic heterocycles. The monoisotopic (exact) mass is 301 g/mol. The molecule has 0 aromatic heterocycles. The standard InChI is InChI=1S/C11H18F3NO3S/c1-3-4-6-18-9(16)8(5-7-19-2)15-10(17)11(12,13)14/h8H,3-7H2,1-2H3,(H,15,17)/t8-/m0/s1. The lowest BCUT2D eigenvalue weighted by Gasteiger charge is -2.18. The van der Waals surface area contributed by atoms with Gasteiger partial charge >= 0.3 is 18.1 Å². The molecule has 8 heteroatoms. The fourth-order valence-electron chi connectivity index (χ4n) is 1.14. The second-order valence-electron chi connectivity index (χ2n) is 3.83. The Morgan fingerprint density at radius 3 is 2.47 bits per heavy atom. The Hall–Kier alpha value is -0.920. The first-order chi connectivity index (χ1) is 8.82. The number of esters is 1. The van der Waals surface area contributed by atoms with Gasteiger partial charge in [0.25, 0.3) is 0 Å². The van der Waals surface area contributed by atoms with E-state index in [4.69, 9.17) is 4.74 Å². The highest BCUT2D eigenvalue weighted by Gasteiger charge is 2.40. The van der Waals surface area contributed by atoms with Crippen LogP contribution in [0.15, 0.2) is 0 Å². The number of ether oxygens (including phenoxy) is 1. The maximum Gasteiger partial charge on any atom is 0.471 e. The first-order valence-electron chi connectivity index (χ1n) is 5.86. The number of carbonyl (C=O) groups excluding carboxylic acids is 2. The lowest BCUT2D eigenvalue weighted by molar-refractivity contribution is -0.176. The molecule has 0 rings (SSSR count). The Bertz CT molecular complexity index is 297. The van der Waals surface area contributed by atoms with Gasteiger partial charge in [0.1, 0.15) is 6.04 Å². The molecule has 1 N–H and O–H groups in total. The number of hydrogen-bond donors (Lipinski definition) is 1. The van der Waals surface area contributed by atoms with E-state index in [9.17, 15) is 22.8 Å². The minimum atomic E-state index is -5.00. The molecular weight excluding hydrogens is 283 g/mol. The lowest BCUT2D eigenvalue weighted by atomic mass is 10.2. The SMILES string of the molecule is CCCCOC(=O)[C@H](CCSC)NC(=O)C(F)(F)F. The molecule has 0 saturated heterocycles. The van der Waals surface area contributed by atoms with Crippen molar-refractivity contribution in [3.05, 3.63) is 0 Å². The van der Waals surface area contributed by atoms with Crippen LogP contribution in [0.5, 0.6) is 0 Å². The van der Waals surface area contributed by atoms with E-state index in [1.807, 2.05) is 6.92 Å². The van der Waals surface area contributed by atoms with Gasteiger partial charge in [0, 0.05) is 0 Å². The van der Waals surface area contributed by atoms with Gasteiger partial charge in [-0.25, -0.2) is 4.79 Å². The van der Waals surface area contributed by atoms with E-state index in [2.05, 4.69) is 0 Å². The van der Waals surface area contributed by atoms with Crippen LogP contribution in [0, 0.1) is 0 Å². The fourth-order valence-corrected chi connectivity index (χ4v) is 1.61. The summed E-state index contributed by atoms with van der Waals surface area (Å²) < 4.78 is 41.2. The van der Waals surface area contributed by atoms with Crippen LogP contribution in [0.25, 0.3) is 0 Å². The third-order valence-electron chi connectivity index (χ3n) is 2.20. The van der Waals surface area contributed by atoms with E-state index in [1.165, 1.54) is 11.8 Å². The van der Waals surface area contributed by atoms with Crippen LogP contribution >= 0.6 is 11.8 Å². The topological polar surface area (TPSA) is 55.4 Å². The maximum atomic E-state index is 12.1. The zero-order valence-electron chi connectivity index (χ0n) is 10.9. The zero-order valence-corrected chi connectivity index (χ0v) is 11.7. The number of unbranched alkanes of at least 4 members (excludes halogenated alkanes) is 1. The summed E-state index contributed by atoms with van der Waals surface area (Å²) in [4.78, 5) is 22.4. The van der Waals surface area contributed by atoms with Gasteiger partial charge in [-0.3, -0.25) is 4.79 Å². The van der Waals surface area contributed by atoms with Crippen LogP contribution in [0.2, 0.25) is 0 Å². The predicted molar refractivity (Wildman–Crippen MR) is 66.9 cm³/mol. The average Bonchev–Trinajstić information content (AvgIpc) is 2.33. The van der Waals surface area contributed by atoms with E-state index in [-0.39, 0.29) is 13.0 Å². The molecule has 4 nitrogen and oxygen atoms in total. The van der Waals surface area contributed by atoms with Crippen molar-refractivity contribution in [1.29, 1.82) is 0 Å². The van der Waals surface area contributed by atoms with Crippen molar-refractivity contribution in [1.82, 2.24) is 5.32 Å². The van der Waals surface area contributed by atoms with Crippen molar-refractivity contribution in [3.8, 4) is 0 Å². The molecule has 0 saturated carbocycles. The van der Waals surface area contributed by atoms with Crippen LogP contribution in [0.3, 0.4) is 0 Å². The molecule has 0 aromatic rings. The molecule has 19 heavy (non-hydrogen) atoms. The van der Waals surface area contributed by atoms with Crippen LogP contribution in [-0.4, -0.2) is 42.7 Å². The Morgan fingerprint density at radius 2 is 2.00 bits per heavy atom. The van der Waals surface area contributed by atoms with Gasteiger partial charge in [-0.1, -0.05) is 13.3 Å². The van der Waals surface area contributed by atoms with Gasteiger partial charge in [-0.05, 0) is 24.9 Å². The third kappa shape index (κ3) is 7.97. The largest absolute Gasteiger partial charge is 0.471 e. The van der Waals surface area contributed by atoms with Crippen LogP contribution in [0.4, 0.5) is 13.2 Å². The number of nitrogens with one attached hydrogen (secondary N) is 1. The fraction of sp³-hybridized carbons (Fsp3) is 0.818. The molecule has 0 aliphatic rings. The smallest absolute Gasteiger partial charge is 0.464 e. The summed E-state index contributed by atoms with van der Waals surface area (Å²) in [5.74, 6) is -2.49. The minimum absolute atomic E-state index is 0.105. The number of carbonyl (C=O) groups is 2. The minimum Gasteiger partial charge on any atom is -0.464 e. The second kappa shape index (κ2) is 9.06. The maximum absolute atomic E-state index is 12.1. The summed E-state index contributed by atoms with van der Waals surface area (Å²) in [6, 6.07) is -1.25.